The Labute approximate surface area is 155 Å². The van der Waals surface area contributed by atoms with Gasteiger partial charge in [-0.2, -0.15) is 0 Å². The van der Waals surface area contributed by atoms with Crippen LogP contribution in [-0.4, -0.2) is 60.9 Å². The fourth-order valence-corrected chi connectivity index (χ4v) is 4.40. The minimum absolute atomic E-state index is 0.0787. The average Bonchev–Trinajstić information content (AvgIpc) is 3.29. The third kappa shape index (κ3) is 2.87. The average molecular weight is 355 g/mol. The molecule has 3 fully saturated rings. The molecule has 1 aromatic carbocycles. The van der Waals surface area contributed by atoms with Gasteiger partial charge in [0.1, 0.15) is 5.41 Å². The largest absolute Gasteiger partial charge is 0.368 e. The normalized spacial score (nSPS) is 21.8. The zero-order chi connectivity index (χ0) is 18.3. The summed E-state index contributed by atoms with van der Waals surface area (Å²) in [6, 6.07) is 6.40. The molecule has 5 nitrogen and oxygen atoms in total. The lowest BCUT2D eigenvalue weighted by molar-refractivity contribution is -0.149. The number of benzene rings is 1. The van der Waals surface area contributed by atoms with Gasteiger partial charge in [0.25, 0.3) is 0 Å². The molecule has 1 aliphatic carbocycles. The van der Waals surface area contributed by atoms with Gasteiger partial charge in [0.05, 0.1) is 0 Å². The van der Waals surface area contributed by atoms with Crippen LogP contribution in [0.4, 0.5) is 5.69 Å². The number of anilines is 1. The number of aryl methyl sites for hydroxylation is 1. The number of carbonyl (C=O) groups is 2. The Morgan fingerprint density at radius 2 is 1.42 bits per heavy atom. The highest BCUT2D eigenvalue weighted by molar-refractivity contribution is 6.08. The van der Waals surface area contributed by atoms with E-state index in [0.717, 1.165) is 51.9 Å². The van der Waals surface area contributed by atoms with Crippen molar-refractivity contribution in [2.24, 2.45) is 5.41 Å². The van der Waals surface area contributed by atoms with Gasteiger partial charge in [-0.05, 0) is 56.7 Å². The molecule has 2 saturated heterocycles. The Hall–Kier alpha value is -2.04. The van der Waals surface area contributed by atoms with Crippen LogP contribution in [0.15, 0.2) is 18.2 Å². The number of likely N-dealkylation sites (tertiary alicyclic amines) is 1. The summed E-state index contributed by atoms with van der Waals surface area (Å²) < 4.78 is 0. The van der Waals surface area contributed by atoms with Gasteiger partial charge in [-0.3, -0.25) is 9.59 Å². The Kier molecular flexibility index (Phi) is 4.41. The van der Waals surface area contributed by atoms with E-state index < -0.39 is 5.41 Å². The lowest BCUT2D eigenvalue weighted by Crippen LogP contribution is -2.53. The number of amides is 2. The van der Waals surface area contributed by atoms with Crippen molar-refractivity contribution in [3.63, 3.8) is 0 Å². The highest BCUT2D eigenvalue weighted by Crippen LogP contribution is 2.49. The molecule has 26 heavy (non-hydrogen) atoms. The molecule has 0 N–H and O–H groups in total. The number of piperazine rings is 1. The second-order valence-electron chi connectivity index (χ2n) is 8.08. The molecule has 0 unspecified atom stereocenters. The van der Waals surface area contributed by atoms with Crippen LogP contribution in [0.5, 0.6) is 0 Å². The number of nitrogens with zero attached hydrogens (tertiary/aromatic N) is 3. The van der Waals surface area contributed by atoms with E-state index in [1.807, 2.05) is 9.80 Å². The molecule has 0 atom stereocenters. The molecule has 1 saturated carbocycles. The number of hydrogen-bond donors (Lipinski definition) is 0. The van der Waals surface area contributed by atoms with Crippen LogP contribution < -0.4 is 4.90 Å². The van der Waals surface area contributed by atoms with Crippen LogP contribution in [0, 0.1) is 19.3 Å². The number of rotatable bonds is 3. The van der Waals surface area contributed by atoms with Crippen molar-refractivity contribution >= 4 is 17.5 Å². The Morgan fingerprint density at radius 1 is 0.846 bits per heavy atom. The first-order chi connectivity index (χ1) is 12.5. The van der Waals surface area contributed by atoms with Crippen molar-refractivity contribution in [2.75, 3.05) is 44.2 Å². The zero-order valence-corrected chi connectivity index (χ0v) is 16.0. The predicted molar refractivity (Wildman–Crippen MR) is 102 cm³/mol. The maximum atomic E-state index is 13.1. The van der Waals surface area contributed by atoms with Gasteiger partial charge in [0.15, 0.2) is 0 Å². The topological polar surface area (TPSA) is 43.9 Å². The summed E-state index contributed by atoms with van der Waals surface area (Å²) in [4.78, 5) is 32.2. The summed E-state index contributed by atoms with van der Waals surface area (Å²) in [6.07, 6.45) is 3.62. The maximum absolute atomic E-state index is 13.1. The van der Waals surface area contributed by atoms with Crippen LogP contribution in [0.1, 0.15) is 36.8 Å². The van der Waals surface area contributed by atoms with E-state index >= 15 is 0 Å². The fraction of sp³-hybridized carbons (Fsp3) is 0.619. The summed E-state index contributed by atoms with van der Waals surface area (Å²) in [5, 5.41) is 0. The van der Waals surface area contributed by atoms with Crippen molar-refractivity contribution < 1.29 is 9.59 Å². The van der Waals surface area contributed by atoms with Crippen molar-refractivity contribution in [3.8, 4) is 0 Å². The molecule has 2 heterocycles. The first kappa shape index (κ1) is 17.4. The Bertz CT molecular complexity index is 712. The van der Waals surface area contributed by atoms with Crippen molar-refractivity contribution in [3.05, 3.63) is 29.3 Å². The van der Waals surface area contributed by atoms with E-state index in [2.05, 4.69) is 36.9 Å². The van der Waals surface area contributed by atoms with E-state index in [1.165, 1.54) is 16.8 Å². The molecule has 0 aromatic heterocycles. The van der Waals surface area contributed by atoms with E-state index in [4.69, 9.17) is 0 Å². The molecule has 0 bridgehead atoms. The molecular formula is C21H29N3O2. The fourth-order valence-electron chi connectivity index (χ4n) is 4.40. The summed E-state index contributed by atoms with van der Waals surface area (Å²) >= 11 is 0. The summed E-state index contributed by atoms with van der Waals surface area (Å²) in [6.45, 7) is 9.05. The molecule has 1 aromatic rings. The van der Waals surface area contributed by atoms with Gasteiger partial charge in [-0.1, -0.05) is 12.1 Å². The lowest BCUT2D eigenvalue weighted by Gasteiger charge is -2.38. The molecule has 0 radical (unpaired) electrons. The van der Waals surface area contributed by atoms with Crippen molar-refractivity contribution in [1.29, 1.82) is 0 Å². The maximum Gasteiger partial charge on any atom is 0.238 e. The van der Waals surface area contributed by atoms with Gasteiger partial charge >= 0.3 is 0 Å². The monoisotopic (exact) mass is 355 g/mol. The van der Waals surface area contributed by atoms with E-state index in [-0.39, 0.29) is 11.8 Å². The van der Waals surface area contributed by atoms with Crippen LogP contribution in [-0.2, 0) is 9.59 Å². The van der Waals surface area contributed by atoms with Gasteiger partial charge < -0.3 is 14.7 Å². The number of hydrogen-bond acceptors (Lipinski definition) is 3. The third-order valence-corrected chi connectivity index (χ3v) is 6.45. The highest BCUT2D eigenvalue weighted by Gasteiger charge is 2.59. The molecule has 2 aliphatic heterocycles. The van der Waals surface area contributed by atoms with Crippen LogP contribution in [0.3, 0.4) is 0 Å². The molecule has 4 rings (SSSR count). The number of carbonyl (C=O) groups excluding carboxylic acids is 2. The molecule has 5 heteroatoms. The summed E-state index contributed by atoms with van der Waals surface area (Å²) in [5.41, 5.74) is 3.17. The molecule has 3 aliphatic rings. The van der Waals surface area contributed by atoms with Gasteiger partial charge in [0, 0.05) is 45.0 Å². The van der Waals surface area contributed by atoms with Crippen LogP contribution >= 0.6 is 0 Å². The summed E-state index contributed by atoms with van der Waals surface area (Å²) in [5.74, 6) is 0.173. The minimum Gasteiger partial charge on any atom is -0.368 e. The second kappa shape index (κ2) is 6.60. The lowest BCUT2D eigenvalue weighted by atomic mass is 10.0. The van der Waals surface area contributed by atoms with Crippen LogP contribution in [0.25, 0.3) is 0 Å². The second-order valence-corrected chi connectivity index (χ2v) is 8.08. The standard InChI is InChI=1S/C21H29N3O2/c1-16-6-5-7-18(17(16)2)22-12-14-24(15-13-22)20(26)21(8-9-21)19(25)23-10-3-4-11-23/h5-7H,3-4,8-15H2,1-2H3. The Balaban J connectivity index is 1.41. The molecule has 140 valence electrons. The van der Waals surface area contributed by atoms with Crippen molar-refractivity contribution in [1.82, 2.24) is 9.80 Å². The van der Waals surface area contributed by atoms with Gasteiger partial charge in [0.2, 0.25) is 11.8 Å². The molecule has 0 spiro atoms. The van der Waals surface area contributed by atoms with Gasteiger partial charge in [-0.15, -0.1) is 0 Å². The predicted octanol–water partition coefficient (Wildman–Crippen LogP) is 2.35. The molecule has 2 amide bonds. The first-order valence-corrected chi connectivity index (χ1v) is 9.93. The molecular weight excluding hydrogens is 326 g/mol. The smallest absolute Gasteiger partial charge is 0.238 e. The van der Waals surface area contributed by atoms with Crippen LogP contribution in [0.2, 0.25) is 0 Å². The minimum atomic E-state index is -0.717. The van der Waals surface area contributed by atoms with Gasteiger partial charge in [-0.25, -0.2) is 0 Å². The van der Waals surface area contributed by atoms with E-state index in [1.54, 1.807) is 0 Å². The zero-order valence-electron chi connectivity index (χ0n) is 16.0. The SMILES string of the molecule is Cc1cccc(N2CCN(C(=O)C3(C(=O)N4CCCC4)CC3)CC2)c1C. The quantitative estimate of drug-likeness (QED) is 0.782. The highest BCUT2D eigenvalue weighted by atomic mass is 16.2. The third-order valence-electron chi connectivity index (χ3n) is 6.45. The first-order valence-electron chi connectivity index (χ1n) is 9.93. The Morgan fingerprint density at radius 3 is 2.00 bits per heavy atom. The van der Waals surface area contributed by atoms with E-state index in [9.17, 15) is 9.59 Å². The van der Waals surface area contributed by atoms with E-state index in [0.29, 0.717) is 13.1 Å². The summed E-state index contributed by atoms with van der Waals surface area (Å²) in [7, 11) is 0. The van der Waals surface area contributed by atoms with Crippen molar-refractivity contribution in [2.45, 2.75) is 39.5 Å².